The summed E-state index contributed by atoms with van der Waals surface area (Å²) in [5.74, 6) is -0.0165. The number of hydrogen-bond acceptors (Lipinski definition) is 4. The lowest BCUT2D eigenvalue weighted by atomic mass is 10.1. The van der Waals surface area contributed by atoms with E-state index in [1.165, 1.54) is 0 Å². The van der Waals surface area contributed by atoms with Crippen molar-refractivity contribution in [1.82, 2.24) is 10.6 Å². The van der Waals surface area contributed by atoms with Gasteiger partial charge in [0.05, 0.1) is 13.2 Å². The molecule has 0 aromatic rings. The standard InChI is InChI=1S/C11H24N2O2S/c1-8(9(7-14)16-5)12-6-10(15)13-11(2,3)4/h8-9,12,14H,6-7H2,1-5H3,(H,13,15). The summed E-state index contributed by atoms with van der Waals surface area (Å²) >= 11 is 1.60. The third-order valence-corrected chi connectivity index (χ3v) is 3.30. The fourth-order valence-corrected chi connectivity index (χ4v) is 1.94. The Hall–Kier alpha value is -0.260. The van der Waals surface area contributed by atoms with Gasteiger partial charge >= 0.3 is 0 Å². The van der Waals surface area contributed by atoms with E-state index in [0.29, 0.717) is 0 Å². The van der Waals surface area contributed by atoms with Crippen LogP contribution < -0.4 is 10.6 Å². The summed E-state index contributed by atoms with van der Waals surface area (Å²) in [7, 11) is 0. The van der Waals surface area contributed by atoms with Crippen LogP contribution in [0, 0.1) is 0 Å². The summed E-state index contributed by atoms with van der Waals surface area (Å²) in [6, 6.07) is 0.116. The van der Waals surface area contributed by atoms with Crippen LogP contribution in [0.4, 0.5) is 0 Å². The average Bonchev–Trinajstić information content (AvgIpc) is 2.14. The average molecular weight is 248 g/mol. The number of rotatable bonds is 6. The van der Waals surface area contributed by atoms with Crippen molar-refractivity contribution in [3.63, 3.8) is 0 Å². The number of aliphatic hydroxyl groups is 1. The van der Waals surface area contributed by atoms with Gasteiger partial charge in [0.2, 0.25) is 5.91 Å². The number of carbonyl (C=O) groups is 1. The first-order chi connectivity index (χ1) is 7.30. The SMILES string of the molecule is CSC(CO)C(C)NCC(=O)NC(C)(C)C. The normalized spacial score (nSPS) is 15.6. The highest BCUT2D eigenvalue weighted by atomic mass is 32.2. The third-order valence-electron chi connectivity index (χ3n) is 2.14. The molecule has 0 aromatic heterocycles. The van der Waals surface area contributed by atoms with E-state index in [0.717, 1.165) is 0 Å². The second-order valence-electron chi connectivity index (χ2n) is 4.92. The highest BCUT2D eigenvalue weighted by Gasteiger charge is 2.17. The molecular weight excluding hydrogens is 224 g/mol. The molecule has 1 amide bonds. The van der Waals surface area contributed by atoms with Crippen molar-refractivity contribution in [3.8, 4) is 0 Å². The number of carbonyl (C=O) groups excluding carboxylic acids is 1. The van der Waals surface area contributed by atoms with Gasteiger partial charge in [0.25, 0.3) is 0 Å². The van der Waals surface area contributed by atoms with Crippen LogP contribution in [0.1, 0.15) is 27.7 Å². The maximum Gasteiger partial charge on any atom is 0.234 e. The van der Waals surface area contributed by atoms with E-state index >= 15 is 0 Å². The van der Waals surface area contributed by atoms with Gasteiger partial charge in [0.1, 0.15) is 0 Å². The van der Waals surface area contributed by atoms with Gasteiger partial charge in [-0.15, -0.1) is 0 Å². The van der Waals surface area contributed by atoms with Crippen LogP contribution in [0.2, 0.25) is 0 Å². The molecule has 0 saturated heterocycles. The second-order valence-corrected chi connectivity index (χ2v) is 6.00. The van der Waals surface area contributed by atoms with E-state index in [-0.39, 0.29) is 35.9 Å². The molecule has 2 unspecified atom stereocenters. The van der Waals surface area contributed by atoms with Crippen molar-refractivity contribution in [3.05, 3.63) is 0 Å². The first-order valence-corrected chi connectivity index (χ1v) is 6.77. The lowest BCUT2D eigenvalue weighted by Gasteiger charge is -2.24. The summed E-state index contributed by atoms with van der Waals surface area (Å²) in [6.45, 7) is 8.24. The summed E-state index contributed by atoms with van der Waals surface area (Å²) in [5, 5.41) is 15.2. The number of hydrogen-bond donors (Lipinski definition) is 3. The molecule has 16 heavy (non-hydrogen) atoms. The first-order valence-electron chi connectivity index (χ1n) is 5.48. The molecular formula is C11H24N2O2S. The largest absolute Gasteiger partial charge is 0.395 e. The predicted octanol–water partition coefficient (Wildman–Crippen LogP) is 0.603. The molecule has 0 aliphatic rings. The van der Waals surface area contributed by atoms with Gasteiger partial charge in [0, 0.05) is 16.8 Å². The molecule has 0 fully saturated rings. The van der Waals surface area contributed by atoms with Gasteiger partial charge in [-0.25, -0.2) is 0 Å². The van der Waals surface area contributed by atoms with Gasteiger partial charge in [-0.3, -0.25) is 4.79 Å². The zero-order valence-electron chi connectivity index (χ0n) is 10.8. The van der Waals surface area contributed by atoms with Crippen molar-refractivity contribution in [1.29, 1.82) is 0 Å². The molecule has 0 aliphatic heterocycles. The van der Waals surface area contributed by atoms with E-state index < -0.39 is 0 Å². The monoisotopic (exact) mass is 248 g/mol. The van der Waals surface area contributed by atoms with Crippen molar-refractivity contribution in [2.24, 2.45) is 0 Å². The molecule has 5 heteroatoms. The number of aliphatic hydroxyl groups excluding tert-OH is 1. The van der Waals surface area contributed by atoms with Crippen LogP contribution in [0.15, 0.2) is 0 Å². The lowest BCUT2D eigenvalue weighted by molar-refractivity contribution is -0.121. The van der Waals surface area contributed by atoms with Crippen molar-refractivity contribution in [2.45, 2.75) is 44.5 Å². The Morgan fingerprint density at radius 3 is 2.38 bits per heavy atom. The maximum absolute atomic E-state index is 11.5. The Bertz CT molecular complexity index is 213. The maximum atomic E-state index is 11.5. The van der Waals surface area contributed by atoms with Crippen molar-refractivity contribution in [2.75, 3.05) is 19.4 Å². The molecule has 4 nitrogen and oxygen atoms in total. The number of nitrogens with one attached hydrogen (secondary N) is 2. The zero-order chi connectivity index (χ0) is 12.8. The molecule has 96 valence electrons. The van der Waals surface area contributed by atoms with Crippen molar-refractivity contribution < 1.29 is 9.90 Å². The first kappa shape index (κ1) is 15.7. The van der Waals surface area contributed by atoms with Crippen LogP contribution >= 0.6 is 11.8 Å². The molecule has 3 N–H and O–H groups in total. The zero-order valence-corrected chi connectivity index (χ0v) is 11.6. The Kier molecular flexibility index (Phi) is 7.03. The Morgan fingerprint density at radius 1 is 1.44 bits per heavy atom. The third kappa shape index (κ3) is 7.09. The summed E-state index contributed by atoms with van der Waals surface area (Å²) in [5.41, 5.74) is -0.197. The fraction of sp³-hybridized carbons (Fsp3) is 0.909. The molecule has 0 aliphatic carbocycles. The smallest absolute Gasteiger partial charge is 0.234 e. The summed E-state index contributed by atoms with van der Waals surface area (Å²) in [4.78, 5) is 11.5. The Morgan fingerprint density at radius 2 is 2.00 bits per heavy atom. The number of amides is 1. The van der Waals surface area contributed by atoms with Crippen LogP contribution in [0.25, 0.3) is 0 Å². The summed E-state index contributed by atoms with van der Waals surface area (Å²) in [6.07, 6.45) is 1.95. The number of thioether (sulfide) groups is 1. The highest BCUT2D eigenvalue weighted by molar-refractivity contribution is 7.99. The highest BCUT2D eigenvalue weighted by Crippen LogP contribution is 2.09. The Balaban J connectivity index is 3.92. The van der Waals surface area contributed by atoms with Gasteiger partial charge < -0.3 is 15.7 Å². The lowest BCUT2D eigenvalue weighted by Crippen LogP contribution is -2.48. The van der Waals surface area contributed by atoms with Crippen LogP contribution in [-0.2, 0) is 4.79 Å². The second kappa shape index (κ2) is 7.14. The van der Waals surface area contributed by atoms with Gasteiger partial charge in [0.15, 0.2) is 0 Å². The van der Waals surface area contributed by atoms with E-state index in [1.807, 2.05) is 34.0 Å². The van der Waals surface area contributed by atoms with Gasteiger partial charge in [-0.2, -0.15) is 11.8 Å². The van der Waals surface area contributed by atoms with E-state index in [9.17, 15) is 4.79 Å². The van der Waals surface area contributed by atoms with Crippen molar-refractivity contribution >= 4 is 17.7 Å². The molecule has 0 heterocycles. The van der Waals surface area contributed by atoms with Crippen LogP contribution in [0.5, 0.6) is 0 Å². The minimum absolute atomic E-state index is 0.0165. The van der Waals surface area contributed by atoms with Gasteiger partial charge in [-0.1, -0.05) is 0 Å². The minimum atomic E-state index is -0.197. The predicted molar refractivity (Wildman–Crippen MR) is 69.7 cm³/mol. The molecule has 0 spiro atoms. The van der Waals surface area contributed by atoms with E-state index in [4.69, 9.17) is 5.11 Å². The minimum Gasteiger partial charge on any atom is -0.395 e. The molecule has 2 atom stereocenters. The molecule has 0 saturated carbocycles. The fourth-order valence-electron chi connectivity index (χ4n) is 1.28. The molecule has 0 bridgehead atoms. The van der Waals surface area contributed by atoms with Gasteiger partial charge in [-0.05, 0) is 34.0 Å². The quantitative estimate of drug-likeness (QED) is 0.644. The molecule has 0 radical (unpaired) electrons. The molecule has 0 aromatic carbocycles. The topological polar surface area (TPSA) is 61.4 Å². The van der Waals surface area contributed by atoms with E-state index in [2.05, 4.69) is 10.6 Å². The Labute approximate surface area is 103 Å². The summed E-state index contributed by atoms with van der Waals surface area (Å²) < 4.78 is 0. The van der Waals surface area contributed by atoms with E-state index in [1.54, 1.807) is 11.8 Å². The molecule has 0 rings (SSSR count). The van der Waals surface area contributed by atoms with Crippen LogP contribution in [-0.4, -0.2) is 47.3 Å². The van der Waals surface area contributed by atoms with Crippen LogP contribution in [0.3, 0.4) is 0 Å².